The highest BCUT2D eigenvalue weighted by atomic mass is 15.0. The van der Waals surface area contributed by atoms with Crippen molar-refractivity contribution in [2.45, 2.75) is 26.2 Å². The van der Waals surface area contributed by atoms with Gasteiger partial charge in [-0.2, -0.15) is 0 Å². The van der Waals surface area contributed by atoms with Gasteiger partial charge in [0.1, 0.15) is 5.69 Å². The summed E-state index contributed by atoms with van der Waals surface area (Å²) in [5.41, 5.74) is 12.7. The molecule has 4 aromatic rings. The Morgan fingerprint density at radius 2 is 1.75 bits per heavy atom. The number of nitrogens with zero attached hydrogens (tertiary/aromatic N) is 3. The van der Waals surface area contributed by atoms with E-state index in [4.69, 9.17) is 10.7 Å². The summed E-state index contributed by atoms with van der Waals surface area (Å²) in [6, 6.07) is 14.4. The molecule has 0 amide bonds. The first-order valence-corrected chi connectivity index (χ1v) is 8.07. The van der Waals surface area contributed by atoms with E-state index in [9.17, 15) is 0 Å². The quantitative estimate of drug-likeness (QED) is 0.529. The number of hydrogen-bond donors (Lipinski definition) is 1. The van der Waals surface area contributed by atoms with Crippen molar-refractivity contribution in [1.29, 1.82) is 0 Å². The van der Waals surface area contributed by atoms with E-state index in [1.54, 1.807) is 6.20 Å². The molecular formula is C20H20N4. The molecule has 0 atom stereocenters. The third-order valence-corrected chi connectivity index (χ3v) is 4.37. The summed E-state index contributed by atoms with van der Waals surface area (Å²) in [5.74, 6) is 0. The topological polar surface area (TPSA) is 56.2 Å². The Hall–Kier alpha value is -2.88. The largest absolute Gasteiger partial charge is 0.399 e. The lowest BCUT2D eigenvalue weighted by Gasteiger charge is -2.19. The summed E-state index contributed by atoms with van der Waals surface area (Å²) >= 11 is 0. The van der Waals surface area contributed by atoms with Crippen molar-refractivity contribution in [3.05, 3.63) is 60.4 Å². The molecule has 2 N–H and O–H groups in total. The Balaban J connectivity index is 1.96. The van der Waals surface area contributed by atoms with Gasteiger partial charge in [-0.25, -0.2) is 9.97 Å². The zero-order chi connectivity index (χ0) is 16.9. The maximum atomic E-state index is 5.93. The maximum absolute atomic E-state index is 5.93. The summed E-state index contributed by atoms with van der Waals surface area (Å²) in [4.78, 5) is 9.34. The second kappa shape index (κ2) is 5.06. The van der Waals surface area contributed by atoms with E-state index in [1.807, 2.05) is 24.4 Å². The van der Waals surface area contributed by atoms with Crippen molar-refractivity contribution < 1.29 is 0 Å². The van der Waals surface area contributed by atoms with Crippen LogP contribution < -0.4 is 5.73 Å². The first kappa shape index (κ1) is 14.7. The molecule has 4 nitrogen and oxygen atoms in total. The van der Waals surface area contributed by atoms with Crippen LogP contribution in [0.15, 0.2) is 54.9 Å². The Bertz CT molecular complexity index is 1040. The SMILES string of the molecule is CC(C)(C)c1ccc(-c2nc3cc(N)ccc3n3ccnc23)cc1. The summed E-state index contributed by atoms with van der Waals surface area (Å²) in [5, 5.41) is 0. The number of imidazole rings is 1. The van der Waals surface area contributed by atoms with Crippen LogP contribution >= 0.6 is 0 Å². The standard InChI is InChI=1S/C20H20N4/c1-20(2,3)14-6-4-13(5-7-14)18-19-22-10-11-24(19)17-9-8-15(21)12-16(17)23-18/h4-12H,21H2,1-3H3. The van der Waals surface area contributed by atoms with Gasteiger partial charge in [-0.05, 0) is 29.2 Å². The van der Waals surface area contributed by atoms with Crippen molar-refractivity contribution in [3.63, 3.8) is 0 Å². The molecule has 2 aromatic carbocycles. The third kappa shape index (κ3) is 2.31. The monoisotopic (exact) mass is 316 g/mol. The Morgan fingerprint density at radius 3 is 2.46 bits per heavy atom. The molecule has 0 saturated carbocycles. The number of nitrogen functional groups attached to an aromatic ring is 1. The van der Waals surface area contributed by atoms with Gasteiger partial charge in [0, 0.05) is 23.6 Å². The van der Waals surface area contributed by atoms with Crippen LogP contribution in [0, 0.1) is 0 Å². The second-order valence-corrected chi connectivity index (χ2v) is 7.16. The van der Waals surface area contributed by atoms with Crippen LogP contribution in [0.3, 0.4) is 0 Å². The number of benzene rings is 2. The molecule has 2 heterocycles. The van der Waals surface area contributed by atoms with E-state index in [0.717, 1.165) is 27.9 Å². The van der Waals surface area contributed by atoms with Crippen molar-refractivity contribution in [2.24, 2.45) is 0 Å². The first-order valence-electron chi connectivity index (χ1n) is 8.07. The molecule has 0 aliphatic rings. The highest BCUT2D eigenvalue weighted by Crippen LogP contribution is 2.29. The van der Waals surface area contributed by atoms with Gasteiger partial charge < -0.3 is 5.73 Å². The number of hydrogen-bond acceptors (Lipinski definition) is 3. The van der Waals surface area contributed by atoms with E-state index in [-0.39, 0.29) is 5.41 Å². The van der Waals surface area contributed by atoms with Crippen molar-refractivity contribution in [3.8, 4) is 11.3 Å². The minimum absolute atomic E-state index is 0.131. The lowest BCUT2D eigenvalue weighted by molar-refractivity contribution is 0.590. The molecular weight excluding hydrogens is 296 g/mol. The smallest absolute Gasteiger partial charge is 0.163 e. The van der Waals surface area contributed by atoms with E-state index in [2.05, 4.69) is 54.4 Å². The van der Waals surface area contributed by atoms with Crippen LogP contribution in [0.1, 0.15) is 26.3 Å². The number of anilines is 1. The fourth-order valence-electron chi connectivity index (χ4n) is 3.00. The highest BCUT2D eigenvalue weighted by molar-refractivity contribution is 5.87. The van der Waals surface area contributed by atoms with Gasteiger partial charge in [0.15, 0.2) is 5.65 Å². The molecule has 2 aromatic heterocycles. The van der Waals surface area contributed by atoms with Crippen molar-refractivity contribution in [2.75, 3.05) is 5.73 Å². The molecule has 24 heavy (non-hydrogen) atoms. The number of nitrogens with two attached hydrogens (primary N) is 1. The zero-order valence-corrected chi connectivity index (χ0v) is 14.1. The molecule has 120 valence electrons. The van der Waals surface area contributed by atoms with Gasteiger partial charge in [0.05, 0.1) is 11.0 Å². The van der Waals surface area contributed by atoms with Crippen LogP contribution in [0.4, 0.5) is 5.69 Å². The summed E-state index contributed by atoms with van der Waals surface area (Å²) in [6.07, 6.45) is 3.77. The predicted octanol–water partition coefficient (Wildman–Crippen LogP) is 4.43. The highest BCUT2D eigenvalue weighted by Gasteiger charge is 2.15. The van der Waals surface area contributed by atoms with Gasteiger partial charge >= 0.3 is 0 Å². The zero-order valence-electron chi connectivity index (χ0n) is 14.1. The minimum Gasteiger partial charge on any atom is -0.399 e. The van der Waals surface area contributed by atoms with Gasteiger partial charge in [0.25, 0.3) is 0 Å². The van der Waals surface area contributed by atoms with E-state index < -0.39 is 0 Å². The molecule has 0 aliphatic heterocycles. The fraction of sp³-hybridized carbons (Fsp3) is 0.200. The third-order valence-electron chi connectivity index (χ3n) is 4.37. The lowest BCUT2D eigenvalue weighted by Crippen LogP contribution is -2.10. The lowest BCUT2D eigenvalue weighted by atomic mass is 9.86. The molecule has 0 spiro atoms. The van der Waals surface area contributed by atoms with Gasteiger partial charge in [-0.15, -0.1) is 0 Å². The van der Waals surface area contributed by atoms with Crippen LogP contribution in [-0.4, -0.2) is 14.4 Å². The molecule has 4 rings (SSSR count). The number of aromatic nitrogens is 3. The van der Waals surface area contributed by atoms with Crippen molar-refractivity contribution >= 4 is 22.4 Å². The van der Waals surface area contributed by atoms with E-state index in [0.29, 0.717) is 5.69 Å². The summed E-state index contributed by atoms with van der Waals surface area (Å²) < 4.78 is 2.06. The average Bonchev–Trinajstić information content (AvgIpc) is 3.03. The van der Waals surface area contributed by atoms with Crippen molar-refractivity contribution in [1.82, 2.24) is 14.4 Å². The average molecular weight is 316 g/mol. The minimum atomic E-state index is 0.131. The normalized spacial score (nSPS) is 12.1. The molecule has 0 fully saturated rings. The van der Waals surface area contributed by atoms with E-state index in [1.165, 1.54) is 5.56 Å². The van der Waals surface area contributed by atoms with Gasteiger partial charge in [-0.1, -0.05) is 45.0 Å². The fourth-order valence-corrected chi connectivity index (χ4v) is 3.00. The second-order valence-electron chi connectivity index (χ2n) is 7.16. The summed E-state index contributed by atoms with van der Waals surface area (Å²) in [6.45, 7) is 6.64. The van der Waals surface area contributed by atoms with Crippen LogP contribution in [0.5, 0.6) is 0 Å². The Morgan fingerprint density at radius 1 is 1.00 bits per heavy atom. The number of fused-ring (bicyclic) bond motifs is 3. The molecule has 0 unspecified atom stereocenters. The van der Waals surface area contributed by atoms with Crippen LogP contribution in [0.25, 0.3) is 27.9 Å². The van der Waals surface area contributed by atoms with Gasteiger partial charge in [0.2, 0.25) is 0 Å². The molecule has 0 aliphatic carbocycles. The maximum Gasteiger partial charge on any atom is 0.163 e. The summed E-state index contributed by atoms with van der Waals surface area (Å²) in [7, 11) is 0. The molecule has 4 heteroatoms. The molecule has 0 bridgehead atoms. The first-order chi connectivity index (χ1) is 11.4. The molecule has 0 radical (unpaired) electrons. The Kier molecular flexibility index (Phi) is 3.10. The van der Waals surface area contributed by atoms with Crippen LogP contribution in [0.2, 0.25) is 0 Å². The predicted molar refractivity (Wildman–Crippen MR) is 99.0 cm³/mol. The Labute approximate surface area is 141 Å². The van der Waals surface area contributed by atoms with Gasteiger partial charge in [-0.3, -0.25) is 4.40 Å². The molecule has 0 saturated heterocycles. The van der Waals surface area contributed by atoms with E-state index >= 15 is 0 Å². The number of rotatable bonds is 1. The van der Waals surface area contributed by atoms with Crippen LogP contribution in [-0.2, 0) is 5.41 Å².